The fraction of sp³-hybridized carbons (Fsp3) is 0.452. The van der Waals surface area contributed by atoms with Crippen LogP contribution in [0.5, 0.6) is 5.75 Å². The van der Waals surface area contributed by atoms with Gasteiger partial charge in [0.2, 0.25) is 11.4 Å². The first-order chi connectivity index (χ1) is 34.7. The Hall–Kier alpha value is -4.25. The highest BCUT2D eigenvalue weighted by Gasteiger charge is 2.52. The van der Waals surface area contributed by atoms with Gasteiger partial charge in [-0.25, -0.2) is 18.6 Å². The molecule has 2 saturated heterocycles. The van der Waals surface area contributed by atoms with Crippen molar-refractivity contribution in [2.24, 2.45) is 17.2 Å². The average Bonchev–Trinajstić information content (AvgIpc) is 3.33. The Morgan fingerprint density at radius 3 is 1.39 bits per heavy atom. The summed E-state index contributed by atoms with van der Waals surface area (Å²) in [5, 5.41) is 76.6. The van der Waals surface area contributed by atoms with E-state index in [2.05, 4.69) is 0 Å². The van der Waals surface area contributed by atoms with Crippen molar-refractivity contribution in [2.45, 2.75) is 119 Å². The molecule has 3 fully saturated rings. The first-order valence-electron chi connectivity index (χ1n) is 21.8. The monoisotopic (exact) mass is 1220 g/mol. The van der Waals surface area contributed by atoms with Gasteiger partial charge in [-0.15, -0.1) is 10.2 Å². The maximum Gasteiger partial charge on any atom is 0.298 e. The number of benzene rings is 3. The van der Waals surface area contributed by atoms with E-state index in [4.69, 9.17) is 59.5 Å². The highest BCUT2D eigenvalue weighted by molar-refractivity contribution is 7.86. The fourth-order valence-corrected chi connectivity index (χ4v) is 10.3. The molecule has 3 heterocycles. The summed E-state index contributed by atoms with van der Waals surface area (Å²) >= 11 is 0. The molecule has 1 saturated carbocycles. The highest BCUT2D eigenvalue weighted by Crippen LogP contribution is 2.36. The van der Waals surface area contributed by atoms with Crippen LogP contribution in [-0.4, -0.2) is 202 Å². The number of nitrogens with two attached hydrogens (primary N) is 3. The van der Waals surface area contributed by atoms with Crippen LogP contribution >= 0.6 is 0 Å². The van der Waals surface area contributed by atoms with Crippen molar-refractivity contribution in [1.29, 1.82) is 0 Å². The molecule has 3 aliphatic rings. The third kappa shape index (κ3) is 16.7. The normalized spacial score (nSPS) is 29.2. The van der Waals surface area contributed by atoms with E-state index in [0.29, 0.717) is 0 Å². The Labute approximate surface area is 451 Å². The molecule has 448 valence electrons. The Bertz CT molecular complexity index is 2880. The molecule has 0 radical (unpaired) electrons. The van der Waals surface area contributed by atoms with E-state index >= 15 is 0 Å². The highest BCUT2D eigenvalue weighted by atomic mass is 35.7. The number of ether oxygens (including phenoxy) is 5. The van der Waals surface area contributed by atoms with Gasteiger partial charge < -0.3 is 98.5 Å². The number of aliphatic hydroxyl groups excluding tert-OH is 7. The number of hydrogen-bond donors (Lipinski definition) is 13. The lowest BCUT2D eigenvalue weighted by molar-refractivity contribution is -2.00. The molecule has 24 N–H and O–H groups in total. The summed E-state index contributed by atoms with van der Waals surface area (Å²) in [4.78, 5) is -1.64. The molecule has 37 heteroatoms. The molecule has 0 bridgehead atoms. The van der Waals surface area contributed by atoms with Crippen LogP contribution in [0.4, 0.5) is 0 Å². The smallest absolute Gasteiger partial charge is 0.298 e. The Morgan fingerprint density at radius 1 is 0.570 bits per heavy atom. The third-order valence-corrected chi connectivity index (χ3v) is 15.1. The van der Waals surface area contributed by atoms with Crippen molar-refractivity contribution < 1.29 is 154 Å². The predicted octanol–water partition coefficient (Wildman–Crippen LogP) is -11.6. The molecular formula is C42H61ClN4O29S3. The molecule has 33 nitrogen and oxygen atoms in total. The molecule has 1 aromatic heterocycles. The van der Waals surface area contributed by atoms with Crippen LogP contribution < -0.4 is 45.1 Å². The van der Waals surface area contributed by atoms with Gasteiger partial charge in [-0.3, -0.25) is 13.7 Å². The van der Waals surface area contributed by atoms with Crippen LogP contribution in [0.2, 0.25) is 0 Å². The molecule has 15 unspecified atom stereocenters. The van der Waals surface area contributed by atoms with Gasteiger partial charge in [0.25, 0.3) is 30.4 Å². The first kappa shape index (κ1) is 70.9. The number of nitrogens with zero attached hydrogens (tertiary/aromatic N) is 1. The van der Waals surface area contributed by atoms with E-state index < -0.39 is 160 Å². The quantitative estimate of drug-likeness (QED) is 0.0412. The second kappa shape index (κ2) is 27.7. The van der Waals surface area contributed by atoms with Crippen LogP contribution in [0.15, 0.2) is 93.5 Å². The summed E-state index contributed by atoms with van der Waals surface area (Å²) in [6.45, 7) is -1.23. The minimum Gasteiger partial charge on any atom is -0.495 e. The summed E-state index contributed by atoms with van der Waals surface area (Å²) in [6.07, 6.45) is -20.4. The van der Waals surface area contributed by atoms with Crippen LogP contribution in [0.3, 0.4) is 0 Å². The molecule has 79 heavy (non-hydrogen) atoms. The zero-order valence-corrected chi connectivity index (χ0v) is 43.9. The van der Waals surface area contributed by atoms with Crippen molar-refractivity contribution in [1.82, 2.24) is 0 Å². The Kier molecular flexibility index (Phi) is 24.8. The van der Waals surface area contributed by atoms with Gasteiger partial charge in [-0.2, -0.15) is 29.8 Å². The summed E-state index contributed by atoms with van der Waals surface area (Å²) in [7, 11) is -18.1. The van der Waals surface area contributed by atoms with Crippen molar-refractivity contribution in [3.05, 3.63) is 78.9 Å². The second-order valence-corrected chi connectivity index (χ2v) is 22.4. The van der Waals surface area contributed by atoms with Gasteiger partial charge in [0.1, 0.15) is 71.7 Å². The minimum absolute atomic E-state index is 0. The van der Waals surface area contributed by atoms with E-state index in [-0.39, 0.29) is 67.7 Å². The Morgan fingerprint density at radius 2 is 0.987 bits per heavy atom. The van der Waals surface area contributed by atoms with Gasteiger partial charge in [-0.05, 0) is 78.2 Å². The van der Waals surface area contributed by atoms with E-state index in [9.17, 15) is 74.7 Å². The van der Waals surface area contributed by atoms with Crippen LogP contribution in [0.1, 0.15) is 6.42 Å². The van der Waals surface area contributed by atoms with Crippen LogP contribution in [-0.2, 0) is 55.8 Å². The largest absolute Gasteiger partial charge is 0.495 e. The zero-order valence-electron chi connectivity index (χ0n) is 40.7. The van der Waals surface area contributed by atoms with Gasteiger partial charge >= 0.3 is 0 Å². The van der Waals surface area contributed by atoms with Gasteiger partial charge in [-0.1, -0.05) is 6.07 Å². The number of halogens is 1. The molecule has 3 aromatic carbocycles. The van der Waals surface area contributed by atoms with Crippen molar-refractivity contribution >= 4 is 30.4 Å². The molecule has 0 amide bonds. The lowest BCUT2D eigenvalue weighted by atomic mass is 9.84. The maximum atomic E-state index is 12.5. The SMILES string of the molecule is COc1ccc(-c2cc(-c3ccc(S(=O)(=O)O)cc3)[n+](CC3OC(OC4C(N)CC(N)C(OC5OC(CO)C(O)C(N)C5O)C4O)C(O)C(O)C3O)c(-c3ccc(S(=O)(=O)O)cc3)c2)cc1S(=O)(=O)O.O.O.O.O.[O-][Cl+3]([O-])([O-])[O-]. The molecule has 7 rings (SSSR count). The van der Waals surface area contributed by atoms with Gasteiger partial charge in [0, 0.05) is 35.3 Å². The first-order valence-corrected chi connectivity index (χ1v) is 27.4. The second-order valence-electron chi connectivity index (χ2n) is 17.4. The predicted molar refractivity (Wildman–Crippen MR) is 252 cm³/mol. The molecule has 1 aliphatic carbocycles. The van der Waals surface area contributed by atoms with Gasteiger partial charge in [0.05, 0.1) is 29.5 Å². The van der Waals surface area contributed by atoms with E-state index in [1.54, 1.807) is 0 Å². The van der Waals surface area contributed by atoms with Crippen molar-refractivity contribution in [3.8, 4) is 39.4 Å². The molecular weight excluding hydrogens is 1160 g/mol. The lowest BCUT2D eigenvalue weighted by Crippen LogP contribution is -2.68. The van der Waals surface area contributed by atoms with E-state index in [1.165, 1.54) is 60.2 Å². The fourth-order valence-electron chi connectivity index (χ4n) is 8.65. The topological polar surface area (TPSA) is 651 Å². The number of methoxy groups -OCH3 is 1. The number of hydrogen-bond acceptors (Lipinski definition) is 25. The Balaban J connectivity index is 0.00000227. The van der Waals surface area contributed by atoms with E-state index in [1.807, 2.05) is 0 Å². The third-order valence-electron chi connectivity index (χ3n) is 12.4. The molecule has 15 atom stereocenters. The summed E-state index contributed by atoms with van der Waals surface area (Å²) in [5.74, 6) is -0.216. The number of rotatable bonds is 14. The molecule has 4 aromatic rings. The van der Waals surface area contributed by atoms with Crippen molar-refractivity contribution in [2.75, 3.05) is 13.7 Å². The zero-order chi connectivity index (χ0) is 55.9. The summed E-state index contributed by atoms with van der Waals surface area (Å²) < 4.78 is 167. The van der Waals surface area contributed by atoms with E-state index in [0.717, 1.165) is 30.3 Å². The average molecular weight is 1220 g/mol. The minimum atomic E-state index is -4.94. The number of aliphatic hydroxyl groups is 7. The number of aromatic nitrogens is 1. The van der Waals surface area contributed by atoms with Gasteiger partial charge in [0.15, 0.2) is 19.1 Å². The summed E-state index contributed by atoms with van der Waals surface area (Å²) in [5.41, 5.74) is 19.6. The van der Waals surface area contributed by atoms with Crippen molar-refractivity contribution in [3.63, 3.8) is 0 Å². The standard InChI is InChI=1S/C42H52N4O21S3.ClHO4.4H2O/c1-63-28-11-6-20(14-31(28)70(60,61)62)21-12-26(18-2-7-22(8-3-18)68(54,55)56)46(27(13-21)19-4-9-23(10-5-19)69(57,58)59)16-29-34(49)36(51)37(52)42(64-29)67-40-25(44)15-24(43)39(38(40)53)66-41-35(50)32(45)33(48)30(17-47)65-41;2-1(3,4)5;;;;/h2-14,24-25,29-30,32-42,47-53H,15-17,43-45H2,1H3,(H2-,54,55,56,57,58,59,60,61,62);(H,2,3,4,5);4*1H2. The van der Waals surface area contributed by atoms with Crippen LogP contribution in [0.25, 0.3) is 33.6 Å². The molecule has 0 spiro atoms. The number of pyridine rings is 1. The van der Waals surface area contributed by atoms with Crippen LogP contribution in [0, 0.1) is 10.2 Å². The molecule has 2 aliphatic heterocycles. The maximum absolute atomic E-state index is 12.5. The lowest BCUT2D eigenvalue weighted by Gasteiger charge is -2.48. The summed E-state index contributed by atoms with van der Waals surface area (Å²) in [6, 6.07) is 12.7.